The molecular weight excluding hydrogens is 230 g/mol. The van der Waals surface area contributed by atoms with Crippen molar-refractivity contribution in [2.45, 2.75) is 25.9 Å². The Bertz CT molecular complexity index is 437. The Labute approximate surface area is 107 Å². The molecule has 0 aliphatic carbocycles. The monoisotopic (exact) mass is 249 g/mol. The normalized spacial score (nSPS) is 20.2. The third-order valence-corrected chi connectivity index (χ3v) is 3.51. The molecule has 1 aliphatic heterocycles. The van der Waals surface area contributed by atoms with Crippen molar-refractivity contribution in [2.24, 2.45) is 5.92 Å². The summed E-state index contributed by atoms with van der Waals surface area (Å²) in [4.78, 5) is 17.9. The highest BCUT2D eigenvalue weighted by atomic mass is 16.3. The minimum atomic E-state index is -0.742. The molecule has 0 saturated carbocycles. The Morgan fingerprint density at radius 2 is 2.28 bits per heavy atom. The largest absolute Gasteiger partial charge is 0.390 e. The molecule has 0 spiro atoms. The third kappa shape index (κ3) is 2.61. The first kappa shape index (κ1) is 12.8. The van der Waals surface area contributed by atoms with Gasteiger partial charge in [0.1, 0.15) is 5.82 Å². The van der Waals surface area contributed by atoms with E-state index in [1.54, 1.807) is 30.9 Å². The molecular formula is C13H19N3O2. The molecule has 1 aromatic heterocycles. The number of nitrogens with two attached hydrogens (primary N) is 1. The van der Waals surface area contributed by atoms with Gasteiger partial charge < -0.3 is 15.7 Å². The number of pyridine rings is 1. The highest BCUT2D eigenvalue weighted by Gasteiger charge is 2.35. The molecule has 1 atom stereocenters. The number of nitrogens with zero attached hydrogens (tertiary/aromatic N) is 2. The second-order valence-corrected chi connectivity index (χ2v) is 5.36. The number of nitrogen functional groups attached to an aromatic ring is 1. The Morgan fingerprint density at radius 1 is 1.56 bits per heavy atom. The van der Waals surface area contributed by atoms with E-state index in [1.165, 1.54) is 6.20 Å². The van der Waals surface area contributed by atoms with Crippen LogP contribution in [0.3, 0.4) is 0 Å². The van der Waals surface area contributed by atoms with Gasteiger partial charge in [0.2, 0.25) is 0 Å². The number of amides is 1. The van der Waals surface area contributed by atoms with Gasteiger partial charge in [0, 0.05) is 25.2 Å². The van der Waals surface area contributed by atoms with E-state index in [0.717, 1.165) is 6.42 Å². The first-order chi connectivity index (χ1) is 8.38. The Hall–Kier alpha value is -1.62. The maximum Gasteiger partial charge on any atom is 0.255 e. The zero-order valence-electron chi connectivity index (χ0n) is 10.8. The van der Waals surface area contributed by atoms with Crippen molar-refractivity contribution in [2.75, 3.05) is 18.8 Å². The van der Waals surface area contributed by atoms with Crippen molar-refractivity contribution in [3.63, 3.8) is 0 Å². The van der Waals surface area contributed by atoms with E-state index in [4.69, 9.17) is 5.73 Å². The van der Waals surface area contributed by atoms with E-state index in [2.05, 4.69) is 4.98 Å². The molecule has 18 heavy (non-hydrogen) atoms. The second kappa shape index (κ2) is 4.57. The van der Waals surface area contributed by atoms with Gasteiger partial charge >= 0.3 is 0 Å². The van der Waals surface area contributed by atoms with Crippen molar-refractivity contribution >= 4 is 11.7 Å². The summed E-state index contributed by atoms with van der Waals surface area (Å²) in [6.07, 6.45) is 2.33. The van der Waals surface area contributed by atoms with Crippen LogP contribution in [0.25, 0.3) is 0 Å². The summed E-state index contributed by atoms with van der Waals surface area (Å²) < 4.78 is 0. The van der Waals surface area contributed by atoms with Crippen molar-refractivity contribution in [3.05, 3.63) is 23.9 Å². The lowest BCUT2D eigenvalue weighted by atomic mass is 9.90. The van der Waals surface area contributed by atoms with Crippen LogP contribution in [0.1, 0.15) is 30.6 Å². The van der Waals surface area contributed by atoms with Crippen molar-refractivity contribution < 1.29 is 9.90 Å². The summed E-state index contributed by atoms with van der Waals surface area (Å²) in [6.45, 7) is 4.84. The van der Waals surface area contributed by atoms with Gasteiger partial charge in [-0.15, -0.1) is 0 Å². The van der Waals surface area contributed by atoms with Crippen LogP contribution in [0.2, 0.25) is 0 Å². The van der Waals surface area contributed by atoms with Crippen LogP contribution in [0.15, 0.2) is 18.3 Å². The van der Waals surface area contributed by atoms with Gasteiger partial charge in [-0.25, -0.2) is 4.98 Å². The van der Waals surface area contributed by atoms with Crippen LogP contribution >= 0.6 is 0 Å². The van der Waals surface area contributed by atoms with E-state index in [1.807, 2.05) is 0 Å². The molecule has 1 fully saturated rings. The molecule has 98 valence electrons. The average molecular weight is 249 g/mol. The maximum absolute atomic E-state index is 12.2. The number of rotatable bonds is 2. The SMILES string of the molecule is CC(C)(O)C1CCN(C(=O)c2ccc(N)nc2)C1. The predicted molar refractivity (Wildman–Crippen MR) is 69.0 cm³/mol. The van der Waals surface area contributed by atoms with Gasteiger partial charge in [0.25, 0.3) is 5.91 Å². The highest BCUT2D eigenvalue weighted by molar-refractivity contribution is 5.94. The Morgan fingerprint density at radius 3 is 2.78 bits per heavy atom. The number of hydrogen-bond donors (Lipinski definition) is 2. The quantitative estimate of drug-likeness (QED) is 0.816. The lowest BCUT2D eigenvalue weighted by Gasteiger charge is -2.25. The molecule has 5 nitrogen and oxygen atoms in total. The fourth-order valence-electron chi connectivity index (χ4n) is 2.24. The highest BCUT2D eigenvalue weighted by Crippen LogP contribution is 2.27. The first-order valence-electron chi connectivity index (χ1n) is 6.11. The molecule has 5 heteroatoms. The third-order valence-electron chi connectivity index (χ3n) is 3.51. The van der Waals surface area contributed by atoms with E-state index < -0.39 is 5.60 Å². The van der Waals surface area contributed by atoms with E-state index in [9.17, 15) is 9.90 Å². The second-order valence-electron chi connectivity index (χ2n) is 5.36. The summed E-state index contributed by atoms with van der Waals surface area (Å²) in [7, 11) is 0. The van der Waals surface area contributed by atoms with Crippen LogP contribution in [0, 0.1) is 5.92 Å². The summed E-state index contributed by atoms with van der Waals surface area (Å²) in [5.41, 5.74) is 5.29. The Balaban J connectivity index is 2.06. The zero-order valence-corrected chi connectivity index (χ0v) is 10.8. The summed E-state index contributed by atoms with van der Waals surface area (Å²) >= 11 is 0. The molecule has 1 unspecified atom stereocenters. The fraction of sp³-hybridized carbons (Fsp3) is 0.538. The van der Waals surface area contributed by atoms with Crippen LogP contribution < -0.4 is 5.73 Å². The van der Waals surface area contributed by atoms with Crippen LogP contribution in [-0.2, 0) is 0 Å². The molecule has 1 aliphatic rings. The topological polar surface area (TPSA) is 79.5 Å². The summed E-state index contributed by atoms with van der Waals surface area (Å²) in [5.74, 6) is 0.486. The van der Waals surface area contributed by atoms with Crippen LogP contribution in [0.4, 0.5) is 5.82 Å². The molecule has 2 heterocycles. The minimum Gasteiger partial charge on any atom is -0.390 e. The predicted octanol–water partition coefficient (Wildman–Crippen LogP) is 0.897. The van der Waals surface area contributed by atoms with Crippen LogP contribution in [-0.4, -0.2) is 39.6 Å². The van der Waals surface area contributed by atoms with Crippen molar-refractivity contribution in [3.8, 4) is 0 Å². The number of anilines is 1. The van der Waals surface area contributed by atoms with Gasteiger partial charge in [-0.05, 0) is 32.4 Å². The number of hydrogen-bond acceptors (Lipinski definition) is 4. The number of aromatic nitrogens is 1. The molecule has 3 N–H and O–H groups in total. The summed E-state index contributed by atoms with van der Waals surface area (Å²) in [6, 6.07) is 3.30. The van der Waals surface area contributed by atoms with Gasteiger partial charge in [0.15, 0.2) is 0 Å². The molecule has 0 aromatic carbocycles. The standard InChI is InChI=1S/C13H19N3O2/c1-13(2,18)10-5-6-16(8-10)12(17)9-3-4-11(14)15-7-9/h3-4,7,10,18H,5-6,8H2,1-2H3,(H2,14,15). The van der Waals surface area contributed by atoms with E-state index >= 15 is 0 Å². The van der Waals surface area contributed by atoms with Gasteiger partial charge in [-0.1, -0.05) is 0 Å². The average Bonchev–Trinajstić information content (AvgIpc) is 2.78. The Kier molecular flexibility index (Phi) is 3.26. The maximum atomic E-state index is 12.2. The van der Waals surface area contributed by atoms with E-state index in [-0.39, 0.29) is 11.8 Å². The lowest BCUT2D eigenvalue weighted by Crippen LogP contribution is -2.35. The number of likely N-dealkylation sites (tertiary alicyclic amines) is 1. The molecule has 1 aromatic rings. The van der Waals surface area contributed by atoms with Crippen molar-refractivity contribution in [1.29, 1.82) is 0 Å². The van der Waals surface area contributed by atoms with Gasteiger partial charge in [0.05, 0.1) is 11.2 Å². The molecule has 2 rings (SSSR count). The smallest absolute Gasteiger partial charge is 0.255 e. The number of carbonyl (C=O) groups excluding carboxylic acids is 1. The van der Waals surface area contributed by atoms with Gasteiger partial charge in [-0.2, -0.15) is 0 Å². The van der Waals surface area contributed by atoms with Gasteiger partial charge in [-0.3, -0.25) is 4.79 Å². The number of carbonyl (C=O) groups is 1. The zero-order chi connectivity index (χ0) is 13.3. The van der Waals surface area contributed by atoms with Crippen molar-refractivity contribution in [1.82, 2.24) is 9.88 Å². The summed E-state index contributed by atoms with van der Waals surface area (Å²) in [5, 5.41) is 9.96. The van der Waals surface area contributed by atoms with E-state index in [0.29, 0.717) is 24.5 Å². The lowest BCUT2D eigenvalue weighted by molar-refractivity contribution is 0.0211. The number of aliphatic hydroxyl groups is 1. The molecule has 1 saturated heterocycles. The molecule has 1 amide bonds. The first-order valence-corrected chi connectivity index (χ1v) is 6.11. The molecule has 0 bridgehead atoms. The fourth-order valence-corrected chi connectivity index (χ4v) is 2.24. The molecule has 0 radical (unpaired) electrons. The van der Waals surface area contributed by atoms with Crippen LogP contribution in [0.5, 0.6) is 0 Å². The minimum absolute atomic E-state index is 0.0470.